The van der Waals surface area contributed by atoms with Gasteiger partial charge in [-0.15, -0.1) is 0 Å². The van der Waals surface area contributed by atoms with Gasteiger partial charge >= 0.3 is 5.97 Å². The van der Waals surface area contributed by atoms with Gasteiger partial charge in [-0.1, -0.05) is 24.8 Å². The summed E-state index contributed by atoms with van der Waals surface area (Å²) in [4.78, 5) is 21.8. The van der Waals surface area contributed by atoms with Crippen molar-refractivity contribution in [1.82, 2.24) is 0 Å². The van der Waals surface area contributed by atoms with Crippen LogP contribution in [0.1, 0.15) is 15.9 Å². The van der Waals surface area contributed by atoms with Gasteiger partial charge in [-0.05, 0) is 29.8 Å². The van der Waals surface area contributed by atoms with Crippen LogP contribution in [0.5, 0.6) is 5.75 Å². The average Bonchev–Trinajstić information content (AvgIpc) is 2.48. The van der Waals surface area contributed by atoms with Crippen molar-refractivity contribution < 1.29 is 14.5 Å². The second-order valence-electron chi connectivity index (χ2n) is 3.97. The van der Waals surface area contributed by atoms with Crippen molar-refractivity contribution in [3.05, 3.63) is 76.4 Å². The quantitative estimate of drug-likeness (QED) is 0.369. The highest BCUT2D eigenvalue weighted by molar-refractivity contribution is 5.91. The van der Waals surface area contributed by atoms with E-state index >= 15 is 0 Å². The van der Waals surface area contributed by atoms with Gasteiger partial charge in [0.05, 0.1) is 10.5 Å². The minimum Gasteiger partial charge on any atom is -0.423 e. The van der Waals surface area contributed by atoms with Gasteiger partial charge in [-0.2, -0.15) is 0 Å². The van der Waals surface area contributed by atoms with Gasteiger partial charge in [-0.3, -0.25) is 10.1 Å². The number of hydrogen-bond donors (Lipinski definition) is 0. The fraction of sp³-hybridized carbons (Fsp3) is 0. The van der Waals surface area contributed by atoms with Crippen LogP contribution < -0.4 is 4.74 Å². The molecule has 0 amide bonds. The van der Waals surface area contributed by atoms with Crippen molar-refractivity contribution in [1.29, 1.82) is 0 Å². The molecule has 100 valence electrons. The molecular formula is C15H11NO4. The van der Waals surface area contributed by atoms with Crippen LogP contribution in [-0.4, -0.2) is 10.9 Å². The molecule has 0 saturated carbocycles. The average molecular weight is 269 g/mol. The number of rotatable bonds is 4. The Labute approximate surface area is 115 Å². The van der Waals surface area contributed by atoms with Gasteiger partial charge in [0.15, 0.2) is 0 Å². The molecule has 0 atom stereocenters. The van der Waals surface area contributed by atoms with Gasteiger partial charge < -0.3 is 4.74 Å². The smallest absolute Gasteiger partial charge is 0.343 e. The van der Waals surface area contributed by atoms with Crippen molar-refractivity contribution in [3.63, 3.8) is 0 Å². The third-order valence-corrected chi connectivity index (χ3v) is 2.64. The molecule has 0 aliphatic heterocycles. The van der Waals surface area contributed by atoms with E-state index in [-0.39, 0.29) is 11.4 Å². The number of ether oxygens (including phenoxy) is 1. The SMILES string of the molecule is C=Cc1ccc(C(=O)Oc2ccc([N+](=O)[O-])cc2)cc1. The molecule has 0 unspecified atom stereocenters. The predicted molar refractivity (Wildman–Crippen MR) is 74.6 cm³/mol. The standard InChI is InChI=1S/C15H11NO4/c1-2-11-3-5-12(6-4-11)15(17)20-14-9-7-13(8-10-14)16(18)19/h2-10H,1H2. The minimum atomic E-state index is -0.519. The zero-order valence-electron chi connectivity index (χ0n) is 10.5. The number of nitro benzene ring substituents is 1. The summed E-state index contributed by atoms with van der Waals surface area (Å²) in [7, 11) is 0. The third kappa shape index (κ3) is 3.08. The lowest BCUT2D eigenvalue weighted by molar-refractivity contribution is -0.384. The fourth-order valence-corrected chi connectivity index (χ4v) is 1.56. The molecule has 2 aromatic carbocycles. The van der Waals surface area contributed by atoms with Crippen LogP contribution in [0.2, 0.25) is 0 Å². The number of nitrogens with zero attached hydrogens (tertiary/aromatic N) is 1. The highest BCUT2D eigenvalue weighted by Crippen LogP contribution is 2.18. The van der Waals surface area contributed by atoms with E-state index in [9.17, 15) is 14.9 Å². The molecule has 0 aromatic heterocycles. The van der Waals surface area contributed by atoms with Crippen molar-refractivity contribution in [2.45, 2.75) is 0 Å². The van der Waals surface area contributed by atoms with Crippen molar-refractivity contribution in [2.75, 3.05) is 0 Å². The molecule has 0 spiro atoms. The molecule has 0 aliphatic rings. The molecule has 0 fully saturated rings. The lowest BCUT2D eigenvalue weighted by Crippen LogP contribution is -2.08. The molecule has 5 heteroatoms. The van der Waals surface area contributed by atoms with E-state index in [1.165, 1.54) is 24.3 Å². The topological polar surface area (TPSA) is 69.4 Å². The molecule has 2 rings (SSSR count). The predicted octanol–water partition coefficient (Wildman–Crippen LogP) is 3.46. The summed E-state index contributed by atoms with van der Waals surface area (Å²) in [5.41, 5.74) is 1.24. The lowest BCUT2D eigenvalue weighted by atomic mass is 10.1. The van der Waals surface area contributed by atoms with Crippen LogP contribution in [0.3, 0.4) is 0 Å². The Balaban J connectivity index is 2.10. The fourth-order valence-electron chi connectivity index (χ4n) is 1.56. The first-order valence-electron chi connectivity index (χ1n) is 5.79. The Morgan fingerprint density at radius 3 is 2.20 bits per heavy atom. The first-order chi connectivity index (χ1) is 9.60. The van der Waals surface area contributed by atoms with E-state index in [0.29, 0.717) is 5.56 Å². The van der Waals surface area contributed by atoms with Gasteiger partial charge in [0.2, 0.25) is 0 Å². The normalized spacial score (nSPS) is 9.80. The molecule has 0 N–H and O–H groups in total. The Bertz CT molecular complexity index is 645. The second kappa shape index (κ2) is 5.79. The summed E-state index contributed by atoms with van der Waals surface area (Å²) in [6.45, 7) is 3.62. The van der Waals surface area contributed by atoms with E-state index < -0.39 is 10.9 Å². The van der Waals surface area contributed by atoms with Crippen molar-refractivity contribution >= 4 is 17.7 Å². The molecular weight excluding hydrogens is 258 g/mol. The van der Waals surface area contributed by atoms with E-state index in [1.807, 2.05) is 0 Å². The molecule has 0 radical (unpaired) electrons. The van der Waals surface area contributed by atoms with Gasteiger partial charge in [-0.25, -0.2) is 4.79 Å². The van der Waals surface area contributed by atoms with Gasteiger partial charge in [0, 0.05) is 12.1 Å². The van der Waals surface area contributed by atoms with Crippen LogP contribution in [0.4, 0.5) is 5.69 Å². The Morgan fingerprint density at radius 1 is 1.10 bits per heavy atom. The second-order valence-corrected chi connectivity index (χ2v) is 3.97. The lowest BCUT2D eigenvalue weighted by Gasteiger charge is -2.04. The highest BCUT2D eigenvalue weighted by atomic mass is 16.6. The molecule has 0 saturated heterocycles. The summed E-state index contributed by atoms with van der Waals surface area (Å²) < 4.78 is 5.12. The number of carbonyl (C=O) groups is 1. The highest BCUT2D eigenvalue weighted by Gasteiger charge is 2.10. The maximum Gasteiger partial charge on any atom is 0.343 e. The summed E-state index contributed by atoms with van der Waals surface area (Å²) in [6, 6.07) is 12.1. The van der Waals surface area contributed by atoms with Crippen LogP contribution in [0.25, 0.3) is 6.08 Å². The number of carbonyl (C=O) groups excluding carboxylic acids is 1. The number of non-ortho nitro benzene ring substituents is 1. The first-order valence-corrected chi connectivity index (χ1v) is 5.79. The number of hydrogen-bond acceptors (Lipinski definition) is 4. The van der Waals surface area contributed by atoms with Gasteiger partial charge in [0.1, 0.15) is 5.75 Å². The Kier molecular flexibility index (Phi) is 3.91. The number of esters is 1. The molecule has 2 aromatic rings. The van der Waals surface area contributed by atoms with E-state index in [1.54, 1.807) is 30.3 Å². The van der Waals surface area contributed by atoms with Gasteiger partial charge in [0.25, 0.3) is 5.69 Å². The zero-order chi connectivity index (χ0) is 14.5. The summed E-state index contributed by atoms with van der Waals surface area (Å²) in [6.07, 6.45) is 1.67. The van der Waals surface area contributed by atoms with E-state index in [2.05, 4.69) is 6.58 Å². The largest absolute Gasteiger partial charge is 0.423 e. The van der Waals surface area contributed by atoms with Crippen LogP contribution in [-0.2, 0) is 0 Å². The maximum absolute atomic E-state index is 11.9. The van der Waals surface area contributed by atoms with Crippen LogP contribution in [0.15, 0.2) is 55.1 Å². The summed E-state index contributed by atoms with van der Waals surface area (Å²) in [5.74, 6) is -0.261. The van der Waals surface area contributed by atoms with Crippen LogP contribution >= 0.6 is 0 Å². The maximum atomic E-state index is 11.9. The zero-order valence-corrected chi connectivity index (χ0v) is 10.5. The Hall–Kier alpha value is -2.95. The third-order valence-electron chi connectivity index (χ3n) is 2.64. The Morgan fingerprint density at radius 2 is 1.70 bits per heavy atom. The van der Waals surface area contributed by atoms with Crippen LogP contribution in [0, 0.1) is 10.1 Å². The van der Waals surface area contributed by atoms with Crippen molar-refractivity contribution in [2.24, 2.45) is 0 Å². The molecule has 0 bridgehead atoms. The monoisotopic (exact) mass is 269 g/mol. The first kappa shape index (κ1) is 13.5. The van der Waals surface area contributed by atoms with E-state index in [0.717, 1.165) is 5.56 Å². The minimum absolute atomic E-state index is 0.0554. The summed E-state index contributed by atoms with van der Waals surface area (Å²) >= 11 is 0. The number of benzene rings is 2. The number of nitro groups is 1. The molecule has 20 heavy (non-hydrogen) atoms. The molecule has 0 heterocycles. The van der Waals surface area contributed by atoms with E-state index in [4.69, 9.17) is 4.74 Å². The summed E-state index contributed by atoms with van der Waals surface area (Å²) in [5, 5.41) is 10.5. The molecule has 0 aliphatic carbocycles. The van der Waals surface area contributed by atoms with Crippen molar-refractivity contribution in [3.8, 4) is 5.75 Å². The molecule has 5 nitrogen and oxygen atoms in total.